The molecule has 4 nitrogen and oxygen atoms in total. The maximum absolute atomic E-state index is 12.7. The largest absolute Gasteiger partial charge is 0.272 e. The summed E-state index contributed by atoms with van der Waals surface area (Å²) in [4.78, 5) is 12.7. The van der Waals surface area contributed by atoms with Gasteiger partial charge in [0.25, 0.3) is 5.91 Å². The van der Waals surface area contributed by atoms with Gasteiger partial charge in [0.05, 0.1) is 17.8 Å². The molecule has 134 valence electrons. The number of nitriles is 1. The summed E-state index contributed by atoms with van der Waals surface area (Å²) in [5.41, 5.74) is 4.52. The van der Waals surface area contributed by atoms with E-state index in [1.807, 2.05) is 42.5 Å². The second-order valence-corrected chi connectivity index (χ2v) is 7.19. The van der Waals surface area contributed by atoms with E-state index in [1.54, 1.807) is 5.01 Å². The van der Waals surface area contributed by atoms with Crippen LogP contribution in [0, 0.1) is 17.2 Å². The standard InChI is InChI=1S/C23H21N3O/c1-16-14-19(17-8-4-2-5-9-17)22-20(15-16)25-26(21(27)12-13-24)23(22)18-10-6-3-7-11-18/h2-11,15,19,22-23H,12,14H2,1H3. The number of hydrogen-bond donors (Lipinski definition) is 0. The molecule has 0 radical (unpaired) electrons. The van der Waals surface area contributed by atoms with E-state index in [0.717, 1.165) is 17.7 Å². The monoisotopic (exact) mass is 355 g/mol. The highest BCUT2D eigenvalue weighted by molar-refractivity contribution is 6.02. The molecule has 1 heterocycles. The predicted octanol–water partition coefficient (Wildman–Crippen LogP) is 4.59. The molecule has 3 unspecified atom stereocenters. The number of nitrogens with zero attached hydrogens (tertiary/aromatic N) is 3. The van der Waals surface area contributed by atoms with Crippen LogP contribution in [0.25, 0.3) is 0 Å². The van der Waals surface area contributed by atoms with E-state index >= 15 is 0 Å². The minimum absolute atomic E-state index is 0.0844. The predicted molar refractivity (Wildman–Crippen MR) is 105 cm³/mol. The Morgan fingerprint density at radius 3 is 2.37 bits per heavy atom. The molecule has 2 aromatic rings. The number of rotatable bonds is 3. The zero-order chi connectivity index (χ0) is 18.8. The van der Waals surface area contributed by atoms with Gasteiger partial charge in [0, 0.05) is 5.92 Å². The summed E-state index contributed by atoms with van der Waals surface area (Å²) in [6.07, 6.45) is 2.89. The first-order valence-electron chi connectivity index (χ1n) is 9.23. The van der Waals surface area contributed by atoms with Crippen molar-refractivity contribution in [1.82, 2.24) is 5.01 Å². The minimum Gasteiger partial charge on any atom is -0.272 e. The number of hydrazone groups is 1. The fourth-order valence-electron chi connectivity index (χ4n) is 4.29. The van der Waals surface area contributed by atoms with Crippen molar-refractivity contribution in [1.29, 1.82) is 5.26 Å². The SMILES string of the molecule is CC1=CC2=NN(C(=O)CC#N)C(c3ccccc3)C2C(c2ccccc2)C1. The second-order valence-electron chi connectivity index (χ2n) is 7.19. The molecule has 0 aromatic heterocycles. The van der Waals surface area contributed by atoms with Crippen molar-refractivity contribution in [3.8, 4) is 6.07 Å². The van der Waals surface area contributed by atoms with Gasteiger partial charge in [0.2, 0.25) is 0 Å². The number of hydrogen-bond acceptors (Lipinski definition) is 3. The summed E-state index contributed by atoms with van der Waals surface area (Å²) >= 11 is 0. The van der Waals surface area contributed by atoms with Gasteiger partial charge < -0.3 is 0 Å². The third-order valence-corrected chi connectivity index (χ3v) is 5.39. The number of benzene rings is 2. The van der Waals surface area contributed by atoms with E-state index in [4.69, 9.17) is 5.26 Å². The Labute approximate surface area is 159 Å². The van der Waals surface area contributed by atoms with Crippen LogP contribution in [0.1, 0.15) is 42.9 Å². The van der Waals surface area contributed by atoms with Gasteiger partial charge in [-0.15, -0.1) is 0 Å². The van der Waals surface area contributed by atoms with Crippen molar-refractivity contribution >= 4 is 11.6 Å². The van der Waals surface area contributed by atoms with Crippen molar-refractivity contribution in [3.63, 3.8) is 0 Å². The Bertz CT molecular complexity index is 941. The zero-order valence-electron chi connectivity index (χ0n) is 15.2. The third kappa shape index (κ3) is 3.17. The van der Waals surface area contributed by atoms with Gasteiger partial charge in [-0.25, -0.2) is 5.01 Å². The van der Waals surface area contributed by atoms with Gasteiger partial charge in [-0.05, 0) is 36.5 Å². The van der Waals surface area contributed by atoms with Crippen LogP contribution in [0.2, 0.25) is 0 Å². The topological polar surface area (TPSA) is 56.5 Å². The van der Waals surface area contributed by atoms with E-state index in [9.17, 15) is 4.79 Å². The highest BCUT2D eigenvalue weighted by atomic mass is 16.2. The van der Waals surface area contributed by atoms with Crippen LogP contribution in [0.3, 0.4) is 0 Å². The molecular formula is C23H21N3O. The van der Waals surface area contributed by atoms with Crippen LogP contribution in [0.15, 0.2) is 77.4 Å². The quantitative estimate of drug-likeness (QED) is 0.808. The summed E-state index contributed by atoms with van der Waals surface area (Å²) in [5.74, 6) is 0.0901. The van der Waals surface area contributed by atoms with Gasteiger partial charge in [0.1, 0.15) is 6.42 Å². The second kappa shape index (κ2) is 7.20. The third-order valence-electron chi connectivity index (χ3n) is 5.39. The lowest BCUT2D eigenvalue weighted by atomic mass is 9.71. The fourth-order valence-corrected chi connectivity index (χ4v) is 4.29. The molecule has 1 aliphatic carbocycles. The van der Waals surface area contributed by atoms with Gasteiger partial charge >= 0.3 is 0 Å². The van der Waals surface area contributed by atoms with Crippen LogP contribution in [-0.4, -0.2) is 16.6 Å². The van der Waals surface area contributed by atoms with Gasteiger partial charge in [-0.3, -0.25) is 4.79 Å². The van der Waals surface area contributed by atoms with Crippen molar-refractivity contribution < 1.29 is 4.79 Å². The van der Waals surface area contributed by atoms with E-state index < -0.39 is 0 Å². The van der Waals surface area contributed by atoms with Crippen LogP contribution in [0.5, 0.6) is 0 Å². The molecule has 0 saturated carbocycles. The molecule has 1 amide bonds. The lowest BCUT2D eigenvalue weighted by molar-refractivity contribution is -0.132. The number of amides is 1. The highest BCUT2D eigenvalue weighted by Gasteiger charge is 2.46. The molecule has 0 N–H and O–H groups in total. The van der Waals surface area contributed by atoms with Crippen LogP contribution >= 0.6 is 0 Å². The van der Waals surface area contributed by atoms with Crippen LogP contribution < -0.4 is 0 Å². The average Bonchev–Trinajstić information content (AvgIpc) is 3.08. The van der Waals surface area contributed by atoms with Crippen molar-refractivity contribution in [2.75, 3.05) is 0 Å². The van der Waals surface area contributed by atoms with E-state index in [0.29, 0.717) is 0 Å². The summed E-state index contributed by atoms with van der Waals surface area (Å²) < 4.78 is 0. The summed E-state index contributed by atoms with van der Waals surface area (Å²) in [6.45, 7) is 2.12. The van der Waals surface area contributed by atoms with E-state index in [-0.39, 0.29) is 30.2 Å². The van der Waals surface area contributed by atoms with Crippen molar-refractivity contribution in [3.05, 3.63) is 83.4 Å². The number of allylic oxidation sites excluding steroid dienone is 2. The van der Waals surface area contributed by atoms with E-state index in [1.165, 1.54) is 11.1 Å². The average molecular weight is 355 g/mol. The maximum Gasteiger partial charge on any atom is 0.257 e. The highest BCUT2D eigenvalue weighted by Crippen LogP contribution is 2.48. The van der Waals surface area contributed by atoms with Gasteiger partial charge in [-0.1, -0.05) is 66.2 Å². The lowest BCUT2D eigenvalue weighted by Crippen LogP contribution is -2.34. The Morgan fingerprint density at radius 2 is 1.74 bits per heavy atom. The Morgan fingerprint density at radius 1 is 1.11 bits per heavy atom. The van der Waals surface area contributed by atoms with E-state index in [2.05, 4.69) is 42.4 Å². The summed E-state index contributed by atoms with van der Waals surface area (Å²) in [6, 6.07) is 22.3. The van der Waals surface area contributed by atoms with Gasteiger partial charge in [-0.2, -0.15) is 10.4 Å². The molecule has 2 aliphatic rings. The molecule has 0 bridgehead atoms. The minimum atomic E-state index is -0.244. The molecular weight excluding hydrogens is 334 g/mol. The number of carbonyl (C=O) groups excluding carboxylic acids is 1. The van der Waals surface area contributed by atoms with Crippen molar-refractivity contribution in [2.24, 2.45) is 11.0 Å². The Kier molecular flexibility index (Phi) is 4.60. The first-order chi connectivity index (χ1) is 13.2. The van der Waals surface area contributed by atoms with Crippen LogP contribution in [-0.2, 0) is 4.79 Å². The molecule has 4 rings (SSSR count). The number of carbonyl (C=O) groups is 1. The molecule has 4 heteroatoms. The first-order valence-corrected chi connectivity index (χ1v) is 9.23. The number of fused-ring (bicyclic) bond motifs is 1. The normalized spacial score (nSPS) is 23.9. The molecule has 27 heavy (non-hydrogen) atoms. The summed E-state index contributed by atoms with van der Waals surface area (Å²) in [5, 5.41) is 15.3. The maximum atomic E-state index is 12.7. The van der Waals surface area contributed by atoms with Crippen molar-refractivity contribution in [2.45, 2.75) is 31.7 Å². The first kappa shape index (κ1) is 17.2. The Hall–Kier alpha value is -3.19. The zero-order valence-corrected chi connectivity index (χ0v) is 15.2. The summed E-state index contributed by atoms with van der Waals surface area (Å²) in [7, 11) is 0. The Balaban J connectivity index is 1.83. The fraction of sp³-hybridized carbons (Fsp3) is 0.261. The molecule has 0 fully saturated rings. The lowest BCUT2D eigenvalue weighted by Gasteiger charge is -2.34. The molecule has 1 aliphatic heterocycles. The molecule has 2 aromatic carbocycles. The van der Waals surface area contributed by atoms with Crippen LogP contribution in [0.4, 0.5) is 0 Å². The molecule has 0 saturated heterocycles. The van der Waals surface area contributed by atoms with Gasteiger partial charge in [0.15, 0.2) is 0 Å². The molecule has 0 spiro atoms. The molecule has 3 atom stereocenters. The smallest absolute Gasteiger partial charge is 0.257 e.